The van der Waals surface area contributed by atoms with Crippen LogP contribution in [0.25, 0.3) is 11.3 Å². The zero-order valence-corrected chi connectivity index (χ0v) is 8.62. The van der Waals surface area contributed by atoms with Crippen molar-refractivity contribution < 1.29 is 9.53 Å². The van der Waals surface area contributed by atoms with E-state index in [9.17, 15) is 4.79 Å². The summed E-state index contributed by atoms with van der Waals surface area (Å²) in [4.78, 5) is 15.3. The van der Waals surface area contributed by atoms with E-state index in [0.29, 0.717) is 5.69 Å². The van der Waals surface area contributed by atoms with Crippen molar-refractivity contribution in [3.8, 4) is 11.3 Å². The molecule has 2 rings (SSSR count). The van der Waals surface area contributed by atoms with E-state index in [-0.39, 0.29) is 5.82 Å². The smallest absolute Gasteiger partial charge is 0.378 e. The van der Waals surface area contributed by atoms with Gasteiger partial charge in [0.25, 0.3) is 5.82 Å². The Balaban J connectivity index is 2.40. The molecule has 0 bridgehead atoms. The number of aromatic nitrogens is 3. The summed E-state index contributed by atoms with van der Waals surface area (Å²) in [5.41, 5.74) is 1.47. The molecule has 1 aromatic carbocycles. The van der Waals surface area contributed by atoms with E-state index in [2.05, 4.69) is 19.9 Å². The highest BCUT2D eigenvalue weighted by Gasteiger charge is 2.11. The van der Waals surface area contributed by atoms with Gasteiger partial charge in [0.2, 0.25) is 0 Å². The number of hydrogen-bond acceptors (Lipinski definition) is 5. The monoisotopic (exact) mass is 215 g/mol. The van der Waals surface area contributed by atoms with E-state index < -0.39 is 5.97 Å². The fourth-order valence-corrected chi connectivity index (χ4v) is 1.23. The van der Waals surface area contributed by atoms with Gasteiger partial charge in [-0.1, -0.05) is 30.3 Å². The van der Waals surface area contributed by atoms with Crippen LogP contribution < -0.4 is 0 Å². The van der Waals surface area contributed by atoms with Crippen LogP contribution in [0.4, 0.5) is 0 Å². The van der Waals surface area contributed by atoms with Crippen LogP contribution in [0.3, 0.4) is 0 Å². The molecule has 0 spiro atoms. The molecule has 1 aromatic heterocycles. The lowest BCUT2D eigenvalue weighted by molar-refractivity contribution is 0.0585. The summed E-state index contributed by atoms with van der Waals surface area (Å²) >= 11 is 0. The van der Waals surface area contributed by atoms with Gasteiger partial charge in [-0.05, 0) is 0 Å². The van der Waals surface area contributed by atoms with Gasteiger partial charge in [-0.25, -0.2) is 9.78 Å². The molecule has 5 nitrogen and oxygen atoms in total. The number of rotatable bonds is 2. The van der Waals surface area contributed by atoms with Crippen molar-refractivity contribution in [2.45, 2.75) is 0 Å². The molecule has 0 saturated carbocycles. The maximum atomic E-state index is 11.2. The van der Waals surface area contributed by atoms with Gasteiger partial charge in [0, 0.05) is 5.56 Å². The molecule has 0 fully saturated rings. The maximum absolute atomic E-state index is 11.2. The quantitative estimate of drug-likeness (QED) is 0.707. The van der Waals surface area contributed by atoms with E-state index in [0.717, 1.165) is 5.56 Å². The predicted octanol–water partition coefficient (Wildman–Crippen LogP) is 1.33. The normalized spacial score (nSPS) is 9.81. The molecular formula is C11H9N3O2. The molecule has 0 aliphatic carbocycles. The van der Waals surface area contributed by atoms with Crippen LogP contribution in [0.15, 0.2) is 36.5 Å². The molecule has 2 aromatic rings. The topological polar surface area (TPSA) is 65.0 Å². The van der Waals surface area contributed by atoms with Gasteiger partial charge in [0.05, 0.1) is 19.0 Å². The van der Waals surface area contributed by atoms with Crippen LogP contribution in [0.1, 0.15) is 10.6 Å². The van der Waals surface area contributed by atoms with Crippen LogP contribution in [0.2, 0.25) is 0 Å². The number of carbonyl (C=O) groups is 1. The van der Waals surface area contributed by atoms with Gasteiger partial charge in [0.15, 0.2) is 0 Å². The number of methoxy groups -OCH3 is 1. The standard InChI is InChI=1S/C11H9N3O2/c1-16-11(15)10-13-9(7-12-14-10)8-5-3-2-4-6-8/h2-7H,1H3. The molecule has 0 unspecified atom stereocenters. The molecule has 0 radical (unpaired) electrons. The SMILES string of the molecule is COC(=O)c1nncc(-c2ccccc2)n1. The molecular weight excluding hydrogens is 206 g/mol. The Morgan fingerprint density at radius 2 is 2.00 bits per heavy atom. The van der Waals surface area contributed by atoms with Gasteiger partial charge in [-0.15, -0.1) is 5.10 Å². The summed E-state index contributed by atoms with van der Waals surface area (Å²) in [6, 6.07) is 9.43. The second kappa shape index (κ2) is 4.48. The Morgan fingerprint density at radius 1 is 1.25 bits per heavy atom. The van der Waals surface area contributed by atoms with Gasteiger partial charge < -0.3 is 4.74 Å². The highest BCUT2D eigenvalue weighted by molar-refractivity contribution is 5.85. The molecule has 80 valence electrons. The maximum Gasteiger partial charge on any atom is 0.378 e. The Bertz CT molecular complexity index is 500. The van der Waals surface area contributed by atoms with Crippen LogP contribution in [-0.4, -0.2) is 28.3 Å². The number of benzene rings is 1. The summed E-state index contributed by atoms with van der Waals surface area (Å²) in [5.74, 6) is -0.630. The van der Waals surface area contributed by atoms with E-state index in [4.69, 9.17) is 0 Å². The van der Waals surface area contributed by atoms with Crippen molar-refractivity contribution in [1.82, 2.24) is 15.2 Å². The third-order valence-corrected chi connectivity index (χ3v) is 2.00. The van der Waals surface area contributed by atoms with Crippen molar-refractivity contribution in [2.24, 2.45) is 0 Å². The Morgan fingerprint density at radius 3 is 2.69 bits per heavy atom. The largest absolute Gasteiger partial charge is 0.463 e. The summed E-state index contributed by atoms with van der Waals surface area (Å²) in [6.07, 6.45) is 1.50. The van der Waals surface area contributed by atoms with Crippen molar-refractivity contribution in [3.63, 3.8) is 0 Å². The molecule has 16 heavy (non-hydrogen) atoms. The van der Waals surface area contributed by atoms with Crippen LogP contribution >= 0.6 is 0 Å². The zero-order chi connectivity index (χ0) is 11.4. The first-order valence-electron chi connectivity index (χ1n) is 4.64. The van der Waals surface area contributed by atoms with E-state index in [1.54, 1.807) is 0 Å². The summed E-state index contributed by atoms with van der Waals surface area (Å²) in [7, 11) is 1.28. The number of nitrogens with zero attached hydrogens (tertiary/aromatic N) is 3. The lowest BCUT2D eigenvalue weighted by atomic mass is 10.2. The Kier molecular flexibility index (Phi) is 2.86. The molecule has 0 aliphatic rings. The first-order chi connectivity index (χ1) is 7.81. The van der Waals surface area contributed by atoms with E-state index in [1.807, 2.05) is 30.3 Å². The summed E-state index contributed by atoms with van der Waals surface area (Å²) < 4.78 is 4.52. The molecule has 0 N–H and O–H groups in total. The second-order valence-electron chi connectivity index (χ2n) is 3.02. The highest BCUT2D eigenvalue weighted by atomic mass is 16.5. The van der Waals surface area contributed by atoms with E-state index >= 15 is 0 Å². The van der Waals surface area contributed by atoms with Crippen molar-refractivity contribution >= 4 is 5.97 Å². The lowest BCUT2D eigenvalue weighted by Gasteiger charge is -2.00. The molecule has 0 atom stereocenters. The second-order valence-corrected chi connectivity index (χ2v) is 3.02. The molecule has 5 heteroatoms. The first kappa shape index (κ1) is 10.2. The van der Waals surface area contributed by atoms with Crippen LogP contribution in [0.5, 0.6) is 0 Å². The minimum atomic E-state index is -0.592. The summed E-state index contributed by atoms with van der Waals surface area (Å²) in [5, 5.41) is 7.32. The van der Waals surface area contributed by atoms with E-state index in [1.165, 1.54) is 13.3 Å². The average Bonchev–Trinajstić information content (AvgIpc) is 2.39. The predicted molar refractivity (Wildman–Crippen MR) is 56.6 cm³/mol. The number of carbonyl (C=O) groups excluding carboxylic acids is 1. The molecule has 0 aliphatic heterocycles. The molecule has 0 amide bonds. The third-order valence-electron chi connectivity index (χ3n) is 2.00. The zero-order valence-electron chi connectivity index (χ0n) is 8.62. The fourth-order valence-electron chi connectivity index (χ4n) is 1.23. The van der Waals surface area contributed by atoms with Crippen LogP contribution in [0, 0.1) is 0 Å². The third kappa shape index (κ3) is 2.03. The number of ether oxygens (including phenoxy) is 1. The Labute approximate surface area is 92.1 Å². The fraction of sp³-hybridized carbons (Fsp3) is 0.0909. The number of esters is 1. The average molecular weight is 215 g/mol. The Hall–Kier alpha value is -2.30. The minimum absolute atomic E-state index is 0.0381. The van der Waals surface area contributed by atoms with Gasteiger partial charge in [0.1, 0.15) is 0 Å². The highest BCUT2D eigenvalue weighted by Crippen LogP contribution is 2.14. The molecule has 0 saturated heterocycles. The van der Waals surface area contributed by atoms with Gasteiger partial charge >= 0.3 is 5.97 Å². The van der Waals surface area contributed by atoms with Gasteiger partial charge in [-0.3, -0.25) is 0 Å². The van der Waals surface area contributed by atoms with Crippen molar-refractivity contribution in [3.05, 3.63) is 42.4 Å². The summed E-state index contributed by atoms with van der Waals surface area (Å²) in [6.45, 7) is 0. The van der Waals surface area contributed by atoms with Crippen molar-refractivity contribution in [2.75, 3.05) is 7.11 Å². The first-order valence-corrected chi connectivity index (χ1v) is 4.64. The lowest BCUT2D eigenvalue weighted by Crippen LogP contribution is -2.09. The van der Waals surface area contributed by atoms with Crippen molar-refractivity contribution in [1.29, 1.82) is 0 Å². The number of hydrogen-bond donors (Lipinski definition) is 0. The minimum Gasteiger partial charge on any atom is -0.463 e. The van der Waals surface area contributed by atoms with Gasteiger partial charge in [-0.2, -0.15) is 5.10 Å². The molecule has 1 heterocycles. The van der Waals surface area contributed by atoms with Crippen LogP contribution in [-0.2, 0) is 4.74 Å².